The maximum absolute atomic E-state index is 5.88. The highest BCUT2D eigenvalue weighted by Crippen LogP contribution is 2.27. The standard InChI is InChI=1S/C23H23N7O/c1-30-13-16-5-6-17(9-21(16)29-30)27-22-15(12-26-23(24)28-22)4-3-14-11-25-20-8-7-18(31-2)10-19(14)20/h5-13,25H,3-4H2,1-2H3,(H3,24,26,27,28). The molecule has 5 aromatic rings. The summed E-state index contributed by atoms with van der Waals surface area (Å²) < 4.78 is 7.18. The molecule has 5 rings (SSSR count). The van der Waals surface area contributed by atoms with Gasteiger partial charge in [-0.25, -0.2) is 4.98 Å². The molecule has 0 fully saturated rings. The topological polar surface area (TPSA) is 107 Å². The third-order valence-corrected chi connectivity index (χ3v) is 5.41. The summed E-state index contributed by atoms with van der Waals surface area (Å²) in [4.78, 5) is 12.0. The van der Waals surface area contributed by atoms with Crippen LogP contribution in [0.15, 0.2) is 55.0 Å². The summed E-state index contributed by atoms with van der Waals surface area (Å²) in [6.45, 7) is 0. The minimum absolute atomic E-state index is 0.238. The molecular formula is C23H23N7O. The van der Waals surface area contributed by atoms with Crippen LogP contribution in [0.2, 0.25) is 0 Å². The number of ether oxygens (including phenoxy) is 1. The molecule has 0 aliphatic carbocycles. The lowest BCUT2D eigenvalue weighted by atomic mass is 10.0. The lowest BCUT2D eigenvalue weighted by Crippen LogP contribution is -2.05. The van der Waals surface area contributed by atoms with E-state index in [1.54, 1.807) is 18.0 Å². The van der Waals surface area contributed by atoms with Gasteiger partial charge in [0.05, 0.1) is 12.6 Å². The Morgan fingerprint density at radius 2 is 2.00 bits per heavy atom. The first-order chi connectivity index (χ1) is 15.1. The molecule has 8 nitrogen and oxygen atoms in total. The molecule has 0 spiro atoms. The van der Waals surface area contributed by atoms with Crippen LogP contribution in [0.1, 0.15) is 11.1 Å². The van der Waals surface area contributed by atoms with Crippen LogP contribution in [0.3, 0.4) is 0 Å². The van der Waals surface area contributed by atoms with Crippen molar-refractivity contribution in [3.63, 3.8) is 0 Å². The molecule has 0 aliphatic rings. The molecule has 0 aliphatic heterocycles. The second-order valence-corrected chi connectivity index (χ2v) is 7.53. The van der Waals surface area contributed by atoms with Crippen LogP contribution in [-0.4, -0.2) is 31.8 Å². The van der Waals surface area contributed by atoms with Crippen molar-refractivity contribution in [1.82, 2.24) is 24.7 Å². The van der Waals surface area contributed by atoms with E-state index in [9.17, 15) is 0 Å². The second-order valence-electron chi connectivity index (χ2n) is 7.53. The number of hydrogen-bond acceptors (Lipinski definition) is 6. The Morgan fingerprint density at radius 3 is 2.87 bits per heavy atom. The van der Waals surface area contributed by atoms with Gasteiger partial charge < -0.3 is 20.8 Å². The molecule has 31 heavy (non-hydrogen) atoms. The number of aromatic amines is 1. The second kappa shape index (κ2) is 7.64. The third-order valence-electron chi connectivity index (χ3n) is 5.41. The normalized spacial score (nSPS) is 11.3. The van der Waals surface area contributed by atoms with E-state index in [-0.39, 0.29) is 5.95 Å². The number of benzene rings is 2. The Hall–Kier alpha value is -4.07. The van der Waals surface area contributed by atoms with Crippen LogP contribution in [0.4, 0.5) is 17.5 Å². The van der Waals surface area contributed by atoms with Gasteiger partial charge in [-0.3, -0.25) is 4.68 Å². The average Bonchev–Trinajstić information content (AvgIpc) is 3.34. The molecule has 0 atom stereocenters. The van der Waals surface area contributed by atoms with Gasteiger partial charge in [-0.2, -0.15) is 10.1 Å². The SMILES string of the molecule is COc1ccc2[nH]cc(CCc3cnc(N)nc3Nc3ccc4cn(C)nc4c3)c2c1. The Morgan fingerprint density at radius 1 is 1.13 bits per heavy atom. The van der Waals surface area contributed by atoms with Crippen molar-refractivity contribution >= 4 is 39.3 Å². The van der Waals surface area contributed by atoms with Crippen molar-refractivity contribution in [3.05, 3.63) is 66.1 Å². The Balaban J connectivity index is 1.41. The fourth-order valence-electron chi connectivity index (χ4n) is 3.83. The quantitative estimate of drug-likeness (QED) is 0.389. The van der Waals surface area contributed by atoms with Gasteiger partial charge in [0.2, 0.25) is 5.95 Å². The minimum atomic E-state index is 0.238. The van der Waals surface area contributed by atoms with Crippen molar-refractivity contribution in [3.8, 4) is 5.75 Å². The van der Waals surface area contributed by atoms with Crippen LogP contribution in [0.5, 0.6) is 5.75 Å². The van der Waals surface area contributed by atoms with Crippen LogP contribution < -0.4 is 15.8 Å². The number of nitrogens with zero attached hydrogens (tertiary/aromatic N) is 4. The first-order valence-electron chi connectivity index (χ1n) is 10.0. The number of methoxy groups -OCH3 is 1. The van der Waals surface area contributed by atoms with Gasteiger partial charge in [0.15, 0.2) is 0 Å². The van der Waals surface area contributed by atoms with Crippen LogP contribution in [0.25, 0.3) is 21.8 Å². The molecule has 156 valence electrons. The van der Waals surface area contributed by atoms with E-state index in [1.807, 2.05) is 49.8 Å². The molecular weight excluding hydrogens is 390 g/mol. The zero-order valence-electron chi connectivity index (χ0n) is 17.4. The fourth-order valence-corrected chi connectivity index (χ4v) is 3.83. The van der Waals surface area contributed by atoms with E-state index in [4.69, 9.17) is 10.5 Å². The number of rotatable bonds is 6. The van der Waals surface area contributed by atoms with Gasteiger partial charge in [-0.05, 0) is 54.8 Å². The molecule has 0 bridgehead atoms. The van der Waals surface area contributed by atoms with Crippen molar-refractivity contribution in [1.29, 1.82) is 0 Å². The van der Waals surface area contributed by atoms with E-state index in [0.717, 1.165) is 51.6 Å². The van der Waals surface area contributed by atoms with E-state index >= 15 is 0 Å². The minimum Gasteiger partial charge on any atom is -0.497 e. The summed E-state index contributed by atoms with van der Waals surface area (Å²) in [5, 5.41) is 10.1. The van der Waals surface area contributed by atoms with Gasteiger partial charge >= 0.3 is 0 Å². The molecule has 4 N–H and O–H groups in total. The number of H-pyrrole nitrogens is 1. The Bertz CT molecular complexity index is 1390. The summed E-state index contributed by atoms with van der Waals surface area (Å²) in [6.07, 6.45) is 7.42. The lowest BCUT2D eigenvalue weighted by molar-refractivity contribution is 0.415. The Labute approximate surface area is 179 Å². The maximum atomic E-state index is 5.88. The fraction of sp³-hybridized carbons (Fsp3) is 0.174. The van der Waals surface area contributed by atoms with Crippen molar-refractivity contribution < 1.29 is 4.74 Å². The van der Waals surface area contributed by atoms with Crippen LogP contribution in [0, 0.1) is 0 Å². The lowest BCUT2D eigenvalue weighted by Gasteiger charge is -2.11. The summed E-state index contributed by atoms with van der Waals surface area (Å²) in [5.74, 6) is 1.79. The number of nitrogen functional groups attached to an aromatic ring is 1. The molecule has 0 amide bonds. The van der Waals surface area contributed by atoms with Crippen molar-refractivity contribution in [2.45, 2.75) is 12.8 Å². The van der Waals surface area contributed by atoms with Gasteiger partial charge in [0.1, 0.15) is 11.6 Å². The number of anilines is 3. The zero-order valence-corrected chi connectivity index (χ0v) is 17.4. The van der Waals surface area contributed by atoms with Crippen molar-refractivity contribution in [2.24, 2.45) is 7.05 Å². The van der Waals surface area contributed by atoms with E-state index in [1.165, 1.54) is 5.56 Å². The number of nitrogens with two attached hydrogens (primary N) is 1. The van der Waals surface area contributed by atoms with Gasteiger partial charge in [0, 0.05) is 53.2 Å². The summed E-state index contributed by atoms with van der Waals surface area (Å²) >= 11 is 0. The number of nitrogens with one attached hydrogen (secondary N) is 2. The molecule has 0 radical (unpaired) electrons. The van der Waals surface area contributed by atoms with Crippen LogP contribution >= 0.6 is 0 Å². The molecule has 0 unspecified atom stereocenters. The van der Waals surface area contributed by atoms with Crippen LogP contribution in [-0.2, 0) is 19.9 Å². The smallest absolute Gasteiger partial charge is 0.221 e. The Kier molecular flexibility index (Phi) is 4.66. The van der Waals surface area contributed by atoms with E-state index in [0.29, 0.717) is 5.82 Å². The molecule has 2 aromatic carbocycles. The molecule has 0 saturated heterocycles. The molecule has 8 heteroatoms. The number of aryl methyl sites for hydroxylation is 3. The van der Waals surface area contributed by atoms with Gasteiger partial charge in [-0.15, -0.1) is 0 Å². The van der Waals surface area contributed by atoms with E-state index < -0.39 is 0 Å². The van der Waals surface area contributed by atoms with Gasteiger partial charge in [-0.1, -0.05) is 0 Å². The number of fused-ring (bicyclic) bond motifs is 2. The van der Waals surface area contributed by atoms with E-state index in [2.05, 4.69) is 31.4 Å². The molecule has 3 heterocycles. The molecule has 3 aromatic heterocycles. The highest BCUT2D eigenvalue weighted by Gasteiger charge is 2.11. The highest BCUT2D eigenvalue weighted by molar-refractivity contribution is 5.85. The number of aromatic nitrogens is 5. The van der Waals surface area contributed by atoms with Gasteiger partial charge in [0.25, 0.3) is 0 Å². The summed E-state index contributed by atoms with van der Waals surface area (Å²) in [7, 11) is 3.59. The summed E-state index contributed by atoms with van der Waals surface area (Å²) in [5.41, 5.74) is 11.0. The third kappa shape index (κ3) is 3.75. The summed E-state index contributed by atoms with van der Waals surface area (Å²) in [6, 6.07) is 12.1. The first-order valence-corrected chi connectivity index (χ1v) is 10.0. The predicted molar refractivity (Wildman–Crippen MR) is 123 cm³/mol. The zero-order chi connectivity index (χ0) is 21.4. The van der Waals surface area contributed by atoms with Crippen molar-refractivity contribution in [2.75, 3.05) is 18.2 Å². The average molecular weight is 413 g/mol. The monoisotopic (exact) mass is 413 g/mol. The number of hydrogen-bond donors (Lipinski definition) is 3. The highest BCUT2D eigenvalue weighted by atomic mass is 16.5. The first kappa shape index (κ1) is 18.9. The largest absolute Gasteiger partial charge is 0.497 e. The predicted octanol–water partition coefficient (Wildman–Crippen LogP) is 3.96. The molecule has 0 saturated carbocycles. The maximum Gasteiger partial charge on any atom is 0.221 e.